The molecule has 0 spiro atoms. The molecule has 2 heterocycles. The number of rotatable bonds is 7. The third kappa shape index (κ3) is 3.98. The number of aromatic nitrogens is 4. The molecule has 7 heteroatoms. The number of carbonyl (C=O) groups excluding carboxylic acids is 1. The first-order valence-electron chi connectivity index (χ1n) is 9.04. The van der Waals surface area contributed by atoms with Crippen LogP contribution < -0.4 is 10.1 Å². The number of nitrogens with one attached hydrogen (secondary N) is 1. The number of carbonyl (C=O) groups is 1. The second-order valence-electron chi connectivity index (χ2n) is 6.14. The summed E-state index contributed by atoms with van der Waals surface area (Å²) in [5.74, 6) is 0.490. The molecule has 1 N–H and O–H groups in total. The van der Waals surface area contributed by atoms with Gasteiger partial charge in [0.05, 0.1) is 18.5 Å². The number of amides is 1. The Morgan fingerprint density at radius 1 is 1.04 bits per heavy atom. The largest absolute Gasteiger partial charge is 0.491 e. The van der Waals surface area contributed by atoms with Crippen LogP contribution in [-0.2, 0) is 0 Å². The van der Waals surface area contributed by atoms with Crippen molar-refractivity contribution < 1.29 is 9.53 Å². The van der Waals surface area contributed by atoms with Crippen molar-refractivity contribution in [3.8, 4) is 11.4 Å². The van der Waals surface area contributed by atoms with Crippen LogP contribution in [0.1, 0.15) is 16.9 Å². The van der Waals surface area contributed by atoms with E-state index in [1.807, 2.05) is 60.7 Å². The number of hydrogen-bond donors (Lipinski definition) is 1. The number of nitrogens with zero attached hydrogens (tertiary/aromatic N) is 4. The maximum Gasteiger partial charge on any atom is 0.273 e. The number of ether oxygens (including phenoxy) is 1. The fraction of sp³-hybridized carbons (Fsp3) is 0.143. The molecule has 28 heavy (non-hydrogen) atoms. The fourth-order valence-electron chi connectivity index (χ4n) is 2.79. The minimum atomic E-state index is -0.256. The first-order chi connectivity index (χ1) is 13.8. The average molecular weight is 373 g/mol. The monoisotopic (exact) mass is 373 g/mol. The van der Waals surface area contributed by atoms with Gasteiger partial charge in [-0.2, -0.15) is 9.90 Å². The van der Waals surface area contributed by atoms with Gasteiger partial charge in [-0.15, -0.1) is 5.10 Å². The van der Waals surface area contributed by atoms with Crippen molar-refractivity contribution in [2.24, 2.45) is 0 Å². The van der Waals surface area contributed by atoms with E-state index in [1.165, 1.54) is 11.0 Å². The van der Waals surface area contributed by atoms with Crippen LogP contribution in [0, 0.1) is 0 Å². The quantitative estimate of drug-likeness (QED) is 0.504. The number of pyridine rings is 1. The van der Waals surface area contributed by atoms with Crippen LogP contribution in [0.3, 0.4) is 0 Å². The van der Waals surface area contributed by atoms with Crippen molar-refractivity contribution in [2.75, 3.05) is 13.2 Å². The Hall–Kier alpha value is -3.74. The Bertz CT molecular complexity index is 1070. The summed E-state index contributed by atoms with van der Waals surface area (Å²) in [6, 6.07) is 19.2. The Kier molecular flexibility index (Phi) is 5.24. The molecule has 0 aliphatic heterocycles. The number of hydrogen-bond acceptors (Lipinski definition) is 5. The van der Waals surface area contributed by atoms with Crippen LogP contribution in [0.15, 0.2) is 73.1 Å². The fourth-order valence-corrected chi connectivity index (χ4v) is 2.79. The molecule has 140 valence electrons. The summed E-state index contributed by atoms with van der Waals surface area (Å²) < 4.78 is 5.82. The summed E-state index contributed by atoms with van der Waals surface area (Å²) in [5.41, 5.74) is 1.92. The second-order valence-corrected chi connectivity index (χ2v) is 6.14. The molecule has 0 aliphatic rings. The van der Waals surface area contributed by atoms with Crippen molar-refractivity contribution in [3.05, 3.63) is 78.8 Å². The first-order valence-corrected chi connectivity index (χ1v) is 9.04. The predicted octanol–water partition coefficient (Wildman–Crippen LogP) is 3.01. The van der Waals surface area contributed by atoms with E-state index in [0.717, 1.165) is 22.3 Å². The van der Waals surface area contributed by atoms with Gasteiger partial charge in [0.1, 0.15) is 11.3 Å². The van der Waals surface area contributed by atoms with Gasteiger partial charge in [0.15, 0.2) is 5.69 Å². The average Bonchev–Trinajstić information content (AvgIpc) is 3.25. The van der Waals surface area contributed by atoms with Gasteiger partial charge in [-0.25, -0.2) is 0 Å². The van der Waals surface area contributed by atoms with Crippen molar-refractivity contribution in [2.45, 2.75) is 6.42 Å². The smallest absolute Gasteiger partial charge is 0.273 e. The van der Waals surface area contributed by atoms with Gasteiger partial charge in [-0.3, -0.25) is 9.78 Å². The molecule has 0 radical (unpaired) electrons. The van der Waals surface area contributed by atoms with E-state index in [2.05, 4.69) is 20.5 Å². The van der Waals surface area contributed by atoms with Gasteiger partial charge in [0.25, 0.3) is 5.91 Å². The molecule has 0 fully saturated rings. The molecular weight excluding hydrogens is 354 g/mol. The lowest BCUT2D eigenvalue weighted by Gasteiger charge is -2.08. The molecule has 4 rings (SSSR count). The van der Waals surface area contributed by atoms with E-state index in [4.69, 9.17) is 4.74 Å². The van der Waals surface area contributed by atoms with E-state index in [1.54, 1.807) is 6.20 Å². The van der Waals surface area contributed by atoms with Crippen molar-refractivity contribution in [1.82, 2.24) is 25.3 Å². The standard InChI is InChI=1S/C21H19N5O2/c27-21(18-15-24-26(25-18)17-9-2-1-3-10-17)23-13-6-14-28-19-11-4-7-16-8-5-12-22-20(16)19/h1-5,7-12,15H,6,13-14H2,(H,23,27). The van der Waals surface area contributed by atoms with E-state index >= 15 is 0 Å². The van der Waals surface area contributed by atoms with Gasteiger partial charge >= 0.3 is 0 Å². The number of para-hydroxylation sites is 2. The lowest BCUT2D eigenvalue weighted by molar-refractivity contribution is 0.0946. The third-order valence-corrected chi connectivity index (χ3v) is 4.17. The highest BCUT2D eigenvalue weighted by Crippen LogP contribution is 2.22. The summed E-state index contributed by atoms with van der Waals surface area (Å²) >= 11 is 0. The summed E-state index contributed by atoms with van der Waals surface area (Å²) in [6.45, 7) is 0.960. The molecule has 0 bridgehead atoms. The zero-order valence-corrected chi connectivity index (χ0v) is 15.2. The SMILES string of the molecule is O=C(NCCCOc1cccc2cccnc12)c1cnn(-c2ccccc2)n1. The van der Waals surface area contributed by atoms with E-state index in [9.17, 15) is 4.79 Å². The van der Waals surface area contributed by atoms with Crippen LogP contribution in [0.5, 0.6) is 5.75 Å². The maximum absolute atomic E-state index is 12.2. The summed E-state index contributed by atoms with van der Waals surface area (Å²) in [7, 11) is 0. The maximum atomic E-state index is 12.2. The zero-order chi connectivity index (χ0) is 19.2. The lowest BCUT2D eigenvalue weighted by atomic mass is 10.2. The lowest BCUT2D eigenvalue weighted by Crippen LogP contribution is -2.26. The molecule has 0 unspecified atom stereocenters. The Balaban J connectivity index is 1.26. The molecule has 0 saturated heterocycles. The highest BCUT2D eigenvalue weighted by atomic mass is 16.5. The molecule has 4 aromatic rings. The molecule has 2 aromatic carbocycles. The molecule has 0 saturated carbocycles. The highest BCUT2D eigenvalue weighted by molar-refractivity contribution is 5.91. The minimum absolute atomic E-state index is 0.256. The zero-order valence-electron chi connectivity index (χ0n) is 15.2. The Labute approximate surface area is 162 Å². The van der Waals surface area contributed by atoms with E-state index in [-0.39, 0.29) is 11.6 Å². The topological polar surface area (TPSA) is 81.9 Å². The Morgan fingerprint density at radius 3 is 2.79 bits per heavy atom. The van der Waals surface area contributed by atoms with Crippen molar-refractivity contribution in [3.63, 3.8) is 0 Å². The van der Waals surface area contributed by atoms with E-state index in [0.29, 0.717) is 19.6 Å². The van der Waals surface area contributed by atoms with Gasteiger partial charge in [-0.05, 0) is 30.7 Å². The van der Waals surface area contributed by atoms with Crippen LogP contribution in [0.25, 0.3) is 16.6 Å². The molecule has 7 nitrogen and oxygen atoms in total. The van der Waals surface area contributed by atoms with Gasteiger partial charge in [0.2, 0.25) is 0 Å². The summed E-state index contributed by atoms with van der Waals surface area (Å²) in [6.07, 6.45) is 3.88. The van der Waals surface area contributed by atoms with E-state index < -0.39 is 0 Å². The Morgan fingerprint density at radius 2 is 1.89 bits per heavy atom. The van der Waals surface area contributed by atoms with Crippen LogP contribution >= 0.6 is 0 Å². The van der Waals surface area contributed by atoms with Gasteiger partial charge in [-0.1, -0.05) is 36.4 Å². The summed E-state index contributed by atoms with van der Waals surface area (Å²) in [5, 5.41) is 12.2. The van der Waals surface area contributed by atoms with Crippen LogP contribution in [-0.4, -0.2) is 39.0 Å². The summed E-state index contributed by atoms with van der Waals surface area (Å²) in [4.78, 5) is 18.0. The number of fused-ring (bicyclic) bond motifs is 1. The highest BCUT2D eigenvalue weighted by Gasteiger charge is 2.11. The van der Waals surface area contributed by atoms with Gasteiger partial charge in [0, 0.05) is 18.1 Å². The molecule has 1 amide bonds. The normalized spacial score (nSPS) is 10.7. The molecule has 0 aliphatic carbocycles. The van der Waals surface area contributed by atoms with Crippen molar-refractivity contribution in [1.29, 1.82) is 0 Å². The van der Waals surface area contributed by atoms with Gasteiger partial charge < -0.3 is 10.1 Å². The first kappa shape index (κ1) is 17.7. The second kappa shape index (κ2) is 8.30. The number of benzene rings is 2. The molecular formula is C21H19N5O2. The third-order valence-electron chi connectivity index (χ3n) is 4.17. The van der Waals surface area contributed by atoms with Crippen LogP contribution in [0.2, 0.25) is 0 Å². The predicted molar refractivity (Wildman–Crippen MR) is 106 cm³/mol. The van der Waals surface area contributed by atoms with Crippen molar-refractivity contribution >= 4 is 16.8 Å². The molecule has 0 atom stereocenters. The minimum Gasteiger partial charge on any atom is -0.491 e. The molecule has 2 aromatic heterocycles. The van der Waals surface area contributed by atoms with Crippen LogP contribution in [0.4, 0.5) is 0 Å².